The molecule has 1 aromatic rings. The second-order valence-electron chi connectivity index (χ2n) is 4.74. The van der Waals surface area contributed by atoms with E-state index in [1.54, 1.807) is 12.5 Å². The molecule has 2 N–H and O–H groups in total. The third kappa shape index (κ3) is 3.10. The van der Waals surface area contributed by atoms with Crippen molar-refractivity contribution in [1.29, 1.82) is 0 Å². The highest BCUT2D eigenvalue weighted by Gasteiger charge is 2.15. The van der Waals surface area contributed by atoms with E-state index in [-0.39, 0.29) is 6.04 Å². The summed E-state index contributed by atoms with van der Waals surface area (Å²) < 4.78 is 5.05. The van der Waals surface area contributed by atoms with Gasteiger partial charge >= 0.3 is 0 Å². The van der Waals surface area contributed by atoms with E-state index in [0.717, 1.165) is 17.9 Å². The summed E-state index contributed by atoms with van der Waals surface area (Å²) >= 11 is 0. The van der Waals surface area contributed by atoms with Crippen LogP contribution in [-0.4, -0.2) is 0 Å². The summed E-state index contributed by atoms with van der Waals surface area (Å²) in [5.41, 5.74) is 7.24. The van der Waals surface area contributed by atoms with Crippen LogP contribution >= 0.6 is 0 Å². The van der Waals surface area contributed by atoms with Crippen LogP contribution < -0.4 is 5.73 Å². The van der Waals surface area contributed by atoms with Crippen molar-refractivity contribution in [2.75, 3.05) is 0 Å². The zero-order valence-corrected chi connectivity index (χ0v) is 9.32. The average Bonchev–Trinajstić information content (AvgIpc) is 2.81. The normalized spacial score (nSPS) is 20.3. The van der Waals surface area contributed by atoms with E-state index in [2.05, 4.69) is 0 Å². The van der Waals surface area contributed by atoms with Crippen LogP contribution in [-0.2, 0) is 0 Å². The van der Waals surface area contributed by atoms with Crippen LogP contribution in [0.15, 0.2) is 23.0 Å². The highest BCUT2D eigenvalue weighted by molar-refractivity contribution is 5.10. The second-order valence-corrected chi connectivity index (χ2v) is 4.74. The standard InChI is InChI=1S/C13H21NO/c14-13(12-8-9-15-10-12)7-6-11-4-2-1-3-5-11/h8-11,13H,1-7,14H2. The number of hydrogen-bond donors (Lipinski definition) is 1. The van der Waals surface area contributed by atoms with Crippen molar-refractivity contribution in [3.63, 3.8) is 0 Å². The van der Waals surface area contributed by atoms with Crippen LogP contribution in [0.25, 0.3) is 0 Å². The number of nitrogens with two attached hydrogens (primary N) is 1. The molecule has 84 valence electrons. The van der Waals surface area contributed by atoms with Gasteiger partial charge < -0.3 is 10.2 Å². The zero-order valence-electron chi connectivity index (χ0n) is 9.32. The Balaban J connectivity index is 1.73. The van der Waals surface area contributed by atoms with E-state index in [1.165, 1.54) is 38.5 Å². The van der Waals surface area contributed by atoms with Crippen LogP contribution in [0.1, 0.15) is 56.6 Å². The van der Waals surface area contributed by atoms with Gasteiger partial charge in [-0.15, -0.1) is 0 Å². The van der Waals surface area contributed by atoms with E-state index in [4.69, 9.17) is 10.2 Å². The van der Waals surface area contributed by atoms with Gasteiger partial charge in [-0.1, -0.05) is 32.1 Å². The lowest BCUT2D eigenvalue weighted by atomic mass is 9.85. The van der Waals surface area contributed by atoms with Gasteiger partial charge in [0.25, 0.3) is 0 Å². The Bertz CT molecular complexity index is 262. The fraction of sp³-hybridized carbons (Fsp3) is 0.692. The average molecular weight is 207 g/mol. The van der Waals surface area contributed by atoms with Crippen LogP contribution in [0.5, 0.6) is 0 Å². The maximum atomic E-state index is 6.10. The maximum absolute atomic E-state index is 6.10. The molecule has 1 heterocycles. The van der Waals surface area contributed by atoms with E-state index >= 15 is 0 Å². The fourth-order valence-corrected chi connectivity index (χ4v) is 2.54. The molecule has 1 aromatic heterocycles. The third-order valence-corrected chi connectivity index (χ3v) is 3.58. The molecule has 1 saturated carbocycles. The van der Waals surface area contributed by atoms with Crippen molar-refractivity contribution >= 4 is 0 Å². The molecule has 2 nitrogen and oxygen atoms in total. The summed E-state index contributed by atoms with van der Waals surface area (Å²) in [4.78, 5) is 0. The van der Waals surface area contributed by atoms with E-state index < -0.39 is 0 Å². The van der Waals surface area contributed by atoms with Gasteiger partial charge in [-0.05, 0) is 24.8 Å². The first-order valence-electron chi connectivity index (χ1n) is 6.14. The minimum atomic E-state index is 0.172. The Labute approximate surface area is 91.8 Å². The predicted octanol–water partition coefficient (Wildman–Crippen LogP) is 3.64. The van der Waals surface area contributed by atoms with Crippen LogP contribution in [0, 0.1) is 5.92 Å². The van der Waals surface area contributed by atoms with Gasteiger partial charge in [0.15, 0.2) is 0 Å². The van der Waals surface area contributed by atoms with Gasteiger partial charge in [0, 0.05) is 11.6 Å². The predicted molar refractivity (Wildman–Crippen MR) is 61.4 cm³/mol. The van der Waals surface area contributed by atoms with Gasteiger partial charge in [0.05, 0.1) is 12.5 Å². The molecule has 0 amide bonds. The minimum Gasteiger partial charge on any atom is -0.472 e. The monoisotopic (exact) mass is 207 g/mol. The van der Waals surface area contributed by atoms with Gasteiger partial charge in [-0.2, -0.15) is 0 Å². The molecule has 15 heavy (non-hydrogen) atoms. The Morgan fingerprint density at radius 3 is 2.80 bits per heavy atom. The van der Waals surface area contributed by atoms with Gasteiger partial charge in [-0.25, -0.2) is 0 Å². The van der Waals surface area contributed by atoms with E-state index in [1.807, 2.05) is 6.07 Å². The first kappa shape index (κ1) is 10.7. The van der Waals surface area contributed by atoms with Crippen molar-refractivity contribution in [3.8, 4) is 0 Å². The molecular weight excluding hydrogens is 186 g/mol. The van der Waals surface area contributed by atoms with Gasteiger partial charge in [0.2, 0.25) is 0 Å². The van der Waals surface area contributed by atoms with Gasteiger partial charge in [0.1, 0.15) is 0 Å². The molecule has 0 bridgehead atoms. The second kappa shape index (κ2) is 5.36. The van der Waals surface area contributed by atoms with Crippen molar-refractivity contribution < 1.29 is 4.42 Å². The molecule has 1 aliphatic carbocycles. The number of rotatable bonds is 4. The SMILES string of the molecule is NC(CCC1CCCCC1)c1ccoc1. The quantitative estimate of drug-likeness (QED) is 0.818. The minimum absolute atomic E-state index is 0.172. The first-order valence-corrected chi connectivity index (χ1v) is 6.14. The third-order valence-electron chi connectivity index (χ3n) is 3.58. The summed E-state index contributed by atoms with van der Waals surface area (Å²) in [7, 11) is 0. The molecule has 0 radical (unpaired) electrons. The van der Waals surface area contributed by atoms with Crippen molar-refractivity contribution in [2.45, 2.75) is 51.0 Å². The van der Waals surface area contributed by atoms with Gasteiger partial charge in [-0.3, -0.25) is 0 Å². The topological polar surface area (TPSA) is 39.2 Å². The Morgan fingerprint density at radius 2 is 2.13 bits per heavy atom. The summed E-state index contributed by atoms with van der Waals surface area (Å²) in [5, 5.41) is 0. The molecule has 2 rings (SSSR count). The summed E-state index contributed by atoms with van der Waals surface area (Å²) in [5.74, 6) is 0.928. The Kier molecular flexibility index (Phi) is 3.84. The summed E-state index contributed by atoms with van der Waals surface area (Å²) in [6.07, 6.45) is 13.0. The summed E-state index contributed by atoms with van der Waals surface area (Å²) in [6.45, 7) is 0. The Hall–Kier alpha value is -0.760. The molecule has 1 atom stereocenters. The smallest absolute Gasteiger partial charge is 0.0950 e. The molecule has 0 aliphatic heterocycles. The molecule has 1 aliphatic rings. The molecule has 0 aromatic carbocycles. The van der Waals surface area contributed by atoms with E-state index in [0.29, 0.717) is 0 Å². The lowest BCUT2D eigenvalue weighted by Crippen LogP contribution is -2.13. The van der Waals surface area contributed by atoms with Crippen molar-refractivity contribution in [3.05, 3.63) is 24.2 Å². The molecule has 0 saturated heterocycles. The highest BCUT2D eigenvalue weighted by atomic mass is 16.3. The largest absolute Gasteiger partial charge is 0.472 e. The van der Waals surface area contributed by atoms with Crippen LogP contribution in [0.4, 0.5) is 0 Å². The van der Waals surface area contributed by atoms with Crippen molar-refractivity contribution in [2.24, 2.45) is 11.7 Å². The number of hydrogen-bond acceptors (Lipinski definition) is 2. The first-order chi connectivity index (χ1) is 7.36. The Morgan fingerprint density at radius 1 is 1.33 bits per heavy atom. The fourth-order valence-electron chi connectivity index (χ4n) is 2.54. The molecular formula is C13H21NO. The van der Waals surface area contributed by atoms with E-state index in [9.17, 15) is 0 Å². The van der Waals surface area contributed by atoms with Crippen LogP contribution in [0.3, 0.4) is 0 Å². The molecule has 1 fully saturated rings. The number of furan rings is 1. The molecule has 0 spiro atoms. The van der Waals surface area contributed by atoms with Crippen molar-refractivity contribution in [1.82, 2.24) is 0 Å². The molecule has 2 heteroatoms. The zero-order chi connectivity index (χ0) is 10.5. The lowest BCUT2D eigenvalue weighted by molar-refractivity contribution is 0.324. The summed E-state index contributed by atoms with van der Waals surface area (Å²) in [6, 6.07) is 2.15. The lowest BCUT2D eigenvalue weighted by Gasteiger charge is -2.22. The molecule has 1 unspecified atom stereocenters. The maximum Gasteiger partial charge on any atom is 0.0950 e. The van der Waals surface area contributed by atoms with Crippen LogP contribution in [0.2, 0.25) is 0 Å². The highest BCUT2D eigenvalue weighted by Crippen LogP contribution is 2.29.